The van der Waals surface area contributed by atoms with E-state index in [0.29, 0.717) is 30.9 Å². The van der Waals surface area contributed by atoms with Crippen LogP contribution in [-0.4, -0.2) is 45.3 Å². The van der Waals surface area contributed by atoms with Crippen LogP contribution in [0.1, 0.15) is 17.5 Å². The van der Waals surface area contributed by atoms with Gasteiger partial charge in [-0.25, -0.2) is 0 Å². The van der Waals surface area contributed by atoms with Gasteiger partial charge in [0.25, 0.3) is 5.91 Å². The third-order valence-electron chi connectivity index (χ3n) is 6.45. The Morgan fingerprint density at radius 2 is 1.64 bits per heavy atom. The van der Waals surface area contributed by atoms with Gasteiger partial charge in [-0.3, -0.25) is 4.79 Å². The highest BCUT2D eigenvalue weighted by Crippen LogP contribution is 2.43. The lowest BCUT2D eigenvalue weighted by Crippen LogP contribution is -2.45. The summed E-state index contributed by atoms with van der Waals surface area (Å²) < 4.78 is 21.9. The fraction of sp³-hybridized carbons (Fsp3) is 0.296. The number of hydrogen-bond donors (Lipinski definition) is 0. The van der Waals surface area contributed by atoms with Crippen molar-refractivity contribution in [3.63, 3.8) is 0 Å². The molecule has 1 atom stereocenters. The third kappa shape index (κ3) is 3.75. The Morgan fingerprint density at radius 1 is 0.970 bits per heavy atom. The van der Waals surface area contributed by atoms with Crippen LogP contribution >= 0.6 is 0 Å². The Bertz CT molecular complexity index is 1260. The van der Waals surface area contributed by atoms with Crippen LogP contribution in [0.15, 0.2) is 55.3 Å². The number of fused-ring (bicyclic) bond motifs is 6. The molecule has 33 heavy (non-hydrogen) atoms. The zero-order valence-electron chi connectivity index (χ0n) is 19.6. The molecule has 0 saturated carbocycles. The molecule has 0 bridgehead atoms. The lowest BCUT2D eigenvalue weighted by molar-refractivity contribution is -0.133. The molecule has 0 aromatic heterocycles. The van der Waals surface area contributed by atoms with Gasteiger partial charge in [0, 0.05) is 12.6 Å². The van der Waals surface area contributed by atoms with Crippen molar-refractivity contribution in [3.05, 3.63) is 66.5 Å². The summed E-state index contributed by atoms with van der Waals surface area (Å²) in [6.07, 6.45) is 3.19. The highest BCUT2D eigenvalue weighted by molar-refractivity contribution is 6.12. The molecule has 1 amide bonds. The quantitative estimate of drug-likeness (QED) is 0.221. The Balaban J connectivity index is 2.04. The van der Waals surface area contributed by atoms with Crippen LogP contribution in [0.25, 0.3) is 21.5 Å². The summed E-state index contributed by atoms with van der Waals surface area (Å²) in [5.74, 6) is 2.02. The maximum absolute atomic E-state index is 13.1. The van der Waals surface area contributed by atoms with E-state index in [-0.39, 0.29) is 17.7 Å². The molecule has 0 radical (unpaired) electrons. The molecule has 0 unspecified atom stereocenters. The molecule has 6 nitrogen and oxygen atoms in total. The Hall–Kier alpha value is -3.67. The average molecular weight is 448 g/mol. The van der Waals surface area contributed by atoms with Crippen molar-refractivity contribution in [1.82, 2.24) is 4.90 Å². The van der Waals surface area contributed by atoms with Crippen molar-refractivity contribution in [2.75, 3.05) is 28.4 Å². The highest BCUT2D eigenvalue weighted by Gasteiger charge is 2.33. The summed E-state index contributed by atoms with van der Waals surface area (Å²) in [6, 6.07) is 10.0. The lowest BCUT2D eigenvalue weighted by Gasteiger charge is -2.38. The van der Waals surface area contributed by atoms with E-state index in [2.05, 4.69) is 19.2 Å². The van der Waals surface area contributed by atoms with Gasteiger partial charge in [-0.1, -0.05) is 18.7 Å². The predicted octanol–water partition coefficient (Wildman–Crippen LogP) is 5.01. The summed E-state index contributed by atoms with van der Waals surface area (Å²) in [5.41, 5.74) is 2.30. The van der Waals surface area contributed by atoms with Crippen LogP contribution in [0.4, 0.5) is 0 Å². The number of hydrogen-bond acceptors (Lipinski definition) is 5. The molecule has 1 aliphatic heterocycles. The minimum Gasteiger partial charge on any atom is -0.497 e. The van der Waals surface area contributed by atoms with Gasteiger partial charge in [0.2, 0.25) is 0 Å². The van der Waals surface area contributed by atoms with E-state index in [1.165, 1.54) is 12.7 Å². The van der Waals surface area contributed by atoms with Gasteiger partial charge in [-0.2, -0.15) is 0 Å². The summed E-state index contributed by atoms with van der Waals surface area (Å²) >= 11 is 0. The van der Waals surface area contributed by atoms with E-state index >= 15 is 0 Å². The standard InChI is InChI=1S/C27H29NO5/c1-7-8-17-11-20-22-13-25(32-5)26(33-6)14-23(22)21-12-18(31-4)9-10-19(21)24(20)15-28(17)27(29)16(2)30-3/h7,9-10,12-14,17H,1-2,8,11,15H2,3-6H3/t17-/m0/s1. The number of carbonyl (C=O) groups is 1. The van der Waals surface area contributed by atoms with E-state index in [1.54, 1.807) is 21.3 Å². The smallest absolute Gasteiger partial charge is 0.288 e. The van der Waals surface area contributed by atoms with Gasteiger partial charge in [0.1, 0.15) is 5.75 Å². The van der Waals surface area contributed by atoms with E-state index in [0.717, 1.165) is 32.9 Å². The largest absolute Gasteiger partial charge is 0.497 e. The fourth-order valence-electron chi connectivity index (χ4n) is 4.76. The second-order valence-corrected chi connectivity index (χ2v) is 8.06. The van der Waals surface area contributed by atoms with E-state index in [4.69, 9.17) is 18.9 Å². The molecule has 1 aliphatic rings. The molecule has 3 aromatic rings. The van der Waals surface area contributed by atoms with Crippen LogP contribution in [0, 0.1) is 0 Å². The van der Waals surface area contributed by atoms with Crippen LogP contribution in [0.5, 0.6) is 17.2 Å². The van der Waals surface area contributed by atoms with E-state index in [1.807, 2.05) is 35.2 Å². The first-order valence-corrected chi connectivity index (χ1v) is 10.8. The molecule has 0 N–H and O–H groups in total. The van der Waals surface area contributed by atoms with Crippen LogP contribution < -0.4 is 14.2 Å². The first-order valence-electron chi connectivity index (χ1n) is 10.8. The number of carbonyl (C=O) groups excluding carboxylic acids is 1. The molecular weight excluding hydrogens is 418 g/mol. The van der Waals surface area contributed by atoms with Crippen molar-refractivity contribution in [2.24, 2.45) is 0 Å². The molecule has 0 aliphatic carbocycles. The third-order valence-corrected chi connectivity index (χ3v) is 6.45. The Morgan fingerprint density at radius 3 is 2.24 bits per heavy atom. The van der Waals surface area contributed by atoms with Crippen molar-refractivity contribution in [1.29, 1.82) is 0 Å². The summed E-state index contributed by atoms with van der Waals surface area (Å²) in [6.45, 7) is 8.14. The second-order valence-electron chi connectivity index (χ2n) is 8.06. The van der Waals surface area contributed by atoms with Crippen LogP contribution in [0.3, 0.4) is 0 Å². The first-order chi connectivity index (χ1) is 16.0. The van der Waals surface area contributed by atoms with Crippen molar-refractivity contribution < 1.29 is 23.7 Å². The fourth-order valence-corrected chi connectivity index (χ4v) is 4.76. The molecule has 6 heteroatoms. The van der Waals surface area contributed by atoms with Crippen molar-refractivity contribution >= 4 is 27.5 Å². The van der Waals surface area contributed by atoms with Gasteiger partial charge >= 0.3 is 0 Å². The maximum Gasteiger partial charge on any atom is 0.288 e. The van der Waals surface area contributed by atoms with Gasteiger partial charge in [0.15, 0.2) is 17.3 Å². The van der Waals surface area contributed by atoms with E-state index in [9.17, 15) is 4.79 Å². The molecule has 1 heterocycles. The average Bonchev–Trinajstić information content (AvgIpc) is 2.86. The zero-order chi connectivity index (χ0) is 23.7. The first kappa shape index (κ1) is 22.5. The Kier molecular flexibility index (Phi) is 6.18. The molecule has 3 aromatic carbocycles. The zero-order valence-corrected chi connectivity index (χ0v) is 19.6. The van der Waals surface area contributed by atoms with E-state index < -0.39 is 0 Å². The topological polar surface area (TPSA) is 57.2 Å². The molecule has 4 rings (SSSR count). The normalized spacial score (nSPS) is 15.2. The monoisotopic (exact) mass is 447 g/mol. The summed E-state index contributed by atoms with van der Waals surface area (Å²) in [5, 5.41) is 4.24. The molecule has 0 fully saturated rings. The minimum absolute atomic E-state index is 0.0543. The van der Waals surface area contributed by atoms with Crippen molar-refractivity contribution in [2.45, 2.75) is 25.4 Å². The van der Waals surface area contributed by atoms with Gasteiger partial charge < -0.3 is 23.8 Å². The molecule has 172 valence electrons. The highest BCUT2D eigenvalue weighted by atomic mass is 16.5. The lowest BCUT2D eigenvalue weighted by atomic mass is 9.84. The predicted molar refractivity (Wildman–Crippen MR) is 130 cm³/mol. The van der Waals surface area contributed by atoms with Gasteiger partial charge in [-0.05, 0) is 69.8 Å². The van der Waals surface area contributed by atoms with Gasteiger partial charge in [0.05, 0.1) is 28.4 Å². The summed E-state index contributed by atoms with van der Waals surface area (Å²) in [7, 11) is 6.39. The number of ether oxygens (including phenoxy) is 4. The molecular formula is C27H29NO5. The van der Waals surface area contributed by atoms with Crippen LogP contribution in [-0.2, 0) is 22.5 Å². The number of amides is 1. The molecule has 0 saturated heterocycles. The minimum atomic E-state index is -0.205. The number of rotatable bonds is 7. The number of benzene rings is 3. The second kappa shape index (κ2) is 9.06. The maximum atomic E-state index is 13.1. The molecule has 0 spiro atoms. The summed E-state index contributed by atoms with van der Waals surface area (Å²) in [4.78, 5) is 15.0. The number of methoxy groups -OCH3 is 4. The number of nitrogens with zero attached hydrogens (tertiary/aromatic N) is 1. The van der Waals surface area contributed by atoms with Crippen LogP contribution in [0.2, 0.25) is 0 Å². The SMILES string of the molecule is C=CC[C@H]1Cc2c(c3ccc(OC)cc3c3cc(OC)c(OC)cc23)CN1C(=O)C(=C)OC. The van der Waals surface area contributed by atoms with Gasteiger partial charge in [-0.15, -0.1) is 6.58 Å². The Labute approximate surface area is 194 Å². The van der Waals surface area contributed by atoms with Crippen molar-refractivity contribution in [3.8, 4) is 17.2 Å².